The zero-order chi connectivity index (χ0) is 18.6. The van der Waals surface area contributed by atoms with Gasteiger partial charge in [0.15, 0.2) is 0 Å². The van der Waals surface area contributed by atoms with Gasteiger partial charge in [0, 0.05) is 31.9 Å². The van der Waals surface area contributed by atoms with Crippen LogP contribution in [0.1, 0.15) is 6.92 Å². The summed E-state index contributed by atoms with van der Waals surface area (Å²) in [6.07, 6.45) is 1.57. The van der Waals surface area contributed by atoms with E-state index in [4.69, 9.17) is 4.74 Å². The number of nitrogens with zero attached hydrogens (tertiary/aromatic N) is 3. The summed E-state index contributed by atoms with van der Waals surface area (Å²) < 4.78 is 30.9. The van der Waals surface area contributed by atoms with Crippen molar-refractivity contribution in [2.24, 2.45) is 0 Å². The van der Waals surface area contributed by atoms with E-state index in [9.17, 15) is 8.42 Å². The number of nitrogens with one attached hydrogen (secondary N) is 1. The highest BCUT2D eigenvalue weighted by atomic mass is 32.2. The monoisotopic (exact) mass is 376 g/mol. The molecule has 0 radical (unpaired) electrons. The Balaban J connectivity index is 1.59. The molecule has 0 spiro atoms. The average molecular weight is 376 g/mol. The van der Waals surface area contributed by atoms with E-state index in [0.29, 0.717) is 5.69 Å². The molecule has 1 fully saturated rings. The lowest BCUT2D eigenvalue weighted by molar-refractivity contribution is 0.415. The Morgan fingerprint density at radius 1 is 1.04 bits per heavy atom. The van der Waals surface area contributed by atoms with Gasteiger partial charge in [-0.2, -0.15) is 0 Å². The summed E-state index contributed by atoms with van der Waals surface area (Å²) in [6, 6.07) is 11.7. The van der Waals surface area contributed by atoms with E-state index in [1.165, 1.54) is 5.69 Å². The normalized spacial score (nSPS) is 15.0. The first-order chi connectivity index (χ1) is 12.5. The molecule has 2 aromatic rings. The largest absolute Gasteiger partial charge is 0.497 e. The van der Waals surface area contributed by atoms with Crippen molar-refractivity contribution in [1.29, 1.82) is 0 Å². The Bertz CT molecular complexity index is 815. The lowest BCUT2D eigenvalue weighted by Crippen LogP contribution is -2.46. The smallest absolute Gasteiger partial charge is 0.232 e. The van der Waals surface area contributed by atoms with Crippen LogP contribution in [0.4, 0.5) is 17.2 Å². The van der Waals surface area contributed by atoms with Crippen molar-refractivity contribution in [1.82, 2.24) is 4.98 Å². The molecule has 0 bridgehead atoms. The van der Waals surface area contributed by atoms with Crippen LogP contribution < -0.4 is 19.3 Å². The second-order valence-corrected chi connectivity index (χ2v) is 8.09. The fourth-order valence-electron chi connectivity index (χ4n) is 2.87. The highest BCUT2D eigenvalue weighted by molar-refractivity contribution is 7.92. The Labute approximate surface area is 154 Å². The van der Waals surface area contributed by atoms with Crippen LogP contribution in [0, 0.1) is 0 Å². The number of benzene rings is 1. The highest BCUT2D eigenvalue weighted by Crippen LogP contribution is 2.22. The zero-order valence-corrected chi connectivity index (χ0v) is 15.9. The average Bonchev–Trinajstić information content (AvgIpc) is 2.68. The van der Waals surface area contributed by atoms with Gasteiger partial charge in [0.1, 0.15) is 11.6 Å². The molecule has 3 rings (SSSR count). The summed E-state index contributed by atoms with van der Waals surface area (Å²) in [7, 11) is -1.61. The molecule has 8 heteroatoms. The van der Waals surface area contributed by atoms with Crippen molar-refractivity contribution < 1.29 is 13.2 Å². The third kappa shape index (κ3) is 4.37. The number of aromatic nitrogens is 1. The predicted molar refractivity (Wildman–Crippen MR) is 105 cm³/mol. The van der Waals surface area contributed by atoms with Crippen molar-refractivity contribution in [3.63, 3.8) is 0 Å². The van der Waals surface area contributed by atoms with Gasteiger partial charge in [-0.25, -0.2) is 13.4 Å². The fourth-order valence-corrected chi connectivity index (χ4v) is 3.50. The maximum absolute atomic E-state index is 11.6. The fraction of sp³-hybridized carbons (Fsp3) is 0.389. The van der Waals surface area contributed by atoms with E-state index in [1.54, 1.807) is 26.3 Å². The minimum absolute atomic E-state index is 0.0437. The molecule has 1 aliphatic heterocycles. The molecular formula is C18H24N4O3S. The van der Waals surface area contributed by atoms with Crippen LogP contribution in [0.5, 0.6) is 5.75 Å². The molecule has 0 amide bonds. The third-order valence-corrected chi connectivity index (χ3v) is 5.75. The maximum Gasteiger partial charge on any atom is 0.232 e. The standard InChI is InChI=1S/C18H24N4O3S/c1-3-26(23,24)20-15-4-9-18(19-14-15)22-12-10-21(11-13-22)16-5-7-17(25-2)8-6-16/h4-9,14,20H,3,10-13H2,1-2H3. The first-order valence-electron chi connectivity index (χ1n) is 8.61. The Morgan fingerprint density at radius 3 is 2.23 bits per heavy atom. The van der Waals surface area contributed by atoms with Gasteiger partial charge in [0.2, 0.25) is 10.0 Å². The Hall–Kier alpha value is -2.48. The third-order valence-electron chi connectivity index (χ3n) is 4.44. The van der Waals surface area contributed by atoms with Crippen molar-refractivity contribution in [2.45, 2.75) is 6.92 Å². The summed E-state index contributed by atoms with van der Waals surface area (Å²) in [5.41, 5.74) is 1.68. The molecule has 2 heterocycles. The lowest BCUT2D eigenvalue weighted by atomic mass is 10.2. The number of ether oxygens (including phenoxy) is 1. The summed E-state index contributed by atoms with van der Waals surface area (Å²) in [5, 5.41) is 0. The second-order valence-electron chi connectivity index (χ2n) is 6.08. The minimum Gasteiger partial charge on any atom is -0.497 e. The summed E-state index contributed by atoms with van der Waals surface area (Å²) >= 11 is 0. The van der Waals surface area contributed by atoms with Gasteiger partial charge in [-0.3, -0.25) is 4.72 Å². The van der Waals surface area contributed by atoms with E-state index < -0.39 is 10.0 Å². The highest BCUT2D eigenvalue weighted by Gasteiger charge is 2.18. The summed E-state index contributed by atoms with van der Waals surface area (Å²) in [6.45, 7) is 5.13. The number of hydrogen-bond donors (Lipinski definition) is 1. The van der Waals surface area contributed by atoms with E-state index in [2.05, 4.69) is 31.6 Å². The zero-order valence-electron chi connectivity index (χ0n) is 15.1. The number of piperazine rings is 1. The van der Waals surface area contributed by atoms with E-state index in [0.717, 1.165) is 37.7 Å². The molecule has 1 aromatic carbocycles. The molecule has 0 atom stereocenters. The van der Waals surface area contributed by atoms with Gasteiger partial charge in [-0.1, -0.05) is 0 Å². The van der Waals surface area contributed by atoms with Crippen LogP contribution in [0.15, 0.2) is 42.6 Å². The molecule has 1 aliphatic rings. The number of anilines is 3. The van der Waals surface area contributed by atoms with Crippen LogP contribution in [-0.2, 0) is 10.0 Å². The van der Waals surface area contributed by atoms with Crippen LogP contribution >= 0.6 is 0 Å². The molecule has 1 N–H and O–H groups in total. The SMILES string of the molecule is CCS(=O)(=O)Nc1ccc(N2CCN(c3ccc(OC)cc3)CC2)nc1. The van der Waals surface area contributed by atoms with Crippen LogP contribution in [-0.4, -0.2) is 52.4 Å². The molecule has 26 heavy (non-hydrogen) atoms. The number of pyridine rings is 1. The number of hydrogen-bond acceptors (Lipinski definition) is 6. The van der Waals surface area contributed by atoms with Crippen molar-refractivity contribution in [2.75, 3.05) is 53.6 Å². The molecular weight excluding hydrogens is 352 g/mol. The number of sulfonamides is 1. The van der Waals surface area contributed by atoms with Gasteiger partial charge >= 0.3 is 0 Å². The van der Waals surface area contributed by atoms with Crippen molar-refractivity contribution in [3.05, 3.63) is 42.6 Å². The Kier molecular flexibility index (Phi) is 5.51. The van der Waals surface area contributed by atoms with E-state index in [-0.39, 0.29) is 5.75 Å². The topological polar surface area (TPSA) is 74.8 Å². The van der Waals surface area contributed by atoms with E-state index >= 15 is 0 Å². The summed E-state index contributed by atoms with van der Waals surface area (Å²) in [5.74, 6) is 1.76. The van der Waals surface area contributed by atoms with Gasteiger partial charge < -0.3 is 14.5 Å². The lowest BCUT2D eigenvalue weighted by Gasteiger charge is -2.36. The van der Waals surface area contributed by atoms with E-state index in [1.807, 2.05) is 18.2 Å². The van der Waals surface area contributed by atoms with Crippen molar-refractivity contribution in [3.8, 4) is 5.75 Å². The quantitative estimate of drug-likeness (QED) is 0.833. The van der Waals surface area contributed by atoms with Gasteiger partial charge in [-0.15, -0.1) is 0 Å². The maximum atomic E-state index is 11.6. The minimum atomic E-state index is -3.27. The first-order valence-corrected chi connectivity index (χ1v) is 10.3. The Morgan fingerprint density at radius 2 is 1.69 bits per heavy atom. The molecule has 0 aliphatic carbocycles. The molecule has 1 aromatic heterocycles. The van der Waals surface area contributed by atoms with Crippen LogP contribution in [0.2, 0.25) is 0 Å². The number of methoxy groups -OCH3 is 1. The molecule has 140 valence electrons. The molecule has 1 saturated heterocycles. The van der Waals surface area contributed by atoms with Gasteiger partial charge in [-0.05, 0) is 43.3 Å². The first kappa shape index (κ1) is 18.3. The molecule has 0 saturated carbocycles. The second kappa shape index (κ2) is 7.82. The van der Waals surface area contributed by atoms with Crippen LogP contribution in [0.25, 0.3) is 0 Å². The van der Waals surface area contributed by atoms with Crippen molar-refractivity contribution >= 4 is 27.2 Å². The van der Waals surface area contributed by atoms with Gasteiger partial charge in [0.05, 0.1) is 24.7 Å². The summed E-state index contributed by atoms with van der Waals surface area (Å²) in [4.78, 5) is 8.94. The molecule has 7 nitrogen and oxygen atoms in total. The number of rotatable bonds is 6. The molecule has 0 unspecified atom stereocenters. The van der Waals surface area contributed by atoms with Gasteiger partial charge in [0.25, 0.3) is 0 Å². The van der Waals surface area contributed by atoms with Crippen LogP contribution in [0.3, 0.4) is 0 Å². The predicted octanol–water partition coefficient (Wildman–Crippen LogP) is 2.18.